The fourth-order valence-electron chi connectivity index (χ4n) is 3.75. The second kappa shape index (κ2) is 10.4. The molecule has 0 saturated carbocycles. The molecule has 1 heterocycles. The molecule has 1 amide bonds. The van der Waals surface area contributed by atoms with E-state index >= 15 is 0 Å². The first-order valence-electron chi connectivity index (χ1n) is 11.0. The van der Waals surface area contributed by atoms with Crippen molar-refractivity contribution in [2.75, 3.05) is 25.5 Å². The van der Waals surface area contributed by atoms with E-state index in [1.165, 1.54) is 17.5 Å². The zero-order valence-corrected chi connectivity index (χ0v) is 19.9. The Morgan fingerprint density at radius 2 is 1.69 bits per heavy atom. The van der Waals surface area contributed by atoms with Crippen LogP contribution in [0, 0.1) is 0 Å². The van der Waals surface area contributed by atoms with Crippen LogP contribution in [0.4, 0.5) is 5.69 Å². The van der Waals surface area contributed by atoms with E-state index in [0.717, 1.165) is 24.8 Å². The van der Waals surface area contributed by atoms with Crippen molar-refractivity contribution in [3.63, 3.8) is 0 Å². The highest BCUT2D eigenvalue weighted by Gasteiger charge is 2.29. The van der Waals surface area contributed by atoms with Crippen LogP contribution in [0.5, 0.6) is 11.5 Å². The van der Waals surface area contributed by atoms with Crippen LogP contribution in [0.15, 0.2) is 47.4 Å². The first kappa shape index (κ1) is 24.1. The zero-order valence-electron chi connectivity index (χ0n) is 19.1. The summed E-state index contributed by atoms with van der Waals surface area (Å²) in [6, 6.07) is 12.3. The third kappa shape index (κ3) is 5.42. The number of sulfonamides is 1. The summed E-state index contributed by atoms with van der Waals surface area (Å²) in [4.78, 5) is 12.8. The lowest BCUT2D eigenvalue weighted by Gasteiger charge is -2.26. The number of para-hydroxylation sites is 1. The van der Waals surface area contributed by atoms with Crippen LogP contribution in [0.25, 0.3) is 0 Å². The van der Waals surface area contributed by atoms with Crippen LogP contribution >= 0.6 is 0 Å². The van der Waals surface area contributed by atoms with Crippen molar-refractivity contribution in [3.05, 3.63) is 48.0 Å². The quantitative estimate of drug-likeness (QED) is 0.631. The number of ether oxygens (including phenoxy) is 2. The zero-order chi connectivity index (χ0) is 23.3. The van der Waals surface area contributed by atoms with Crippen LogP contribution in [-0.2, 0) is 14.8 Å². The van der Waals surface area contributed by atoms with E-state index in [-0.39, 0.29) is 22.5 Å². The molecule has 2 aromatic rings. The number of hydrogen-bond donors (Lipinski definition) is 1. The smallest absolute Gasteiger partial charge is 0.265 e. The third-order valence-electron chi connectivity index (χ3n) is 5.58. The Morgan fingerprint density at radius 3 is 2.34 bits per heavy atom. The number of carbonyl (C=O) groups excluding carboxylic acids is 1. The molecule has 2 aromatic carbocycles. The number of benzene rings is 2. The minimum Gasteiger partial charge on any atom is -0.495 e. The summed E-state index contributed by atoms with van der Waals surface area (Å²) in [5, 5.41) is 2.77. The number of piperidine rings is 1. The first-order valence-corrected chi connectivity index (χ1v) is 12.4. The van der Waals surface area contributed by atoms with Gasteiger partial charge in [-0.05, 0) is 55.5 Å². The predicted octanol–water partition coefficient (Wildman–Crippen LogP) is 4.40. The van der Waals surface area contributed by atoms with Crippen molar-refractivity contribution in [2.24, 2.45) is 0 Å². The van der Waals surface area contributed by atoms with Crippen molar-refractivity contribution in [1.29, 1.82) is 0 Å². The molecule has 1 aliphatic heterocycles. The molecule has 32 heavy (non-hydrogen) atoms. The van der Waals surface area contributed by atoms with Gasteiger partial charge in [-0.15, -0.1) is 0 Å². The third-order valence-corrected chi connectivity index (χ3v) is 7.50. The lowest BCUT2D eigenvalue weighted by molar-refractivity contribution is -0.122. The molecule has 1 N–H and O–H groups in total. The molecule has 1 unspecified atom stereocenters. The number of rotatable bonds is 8. The highest BCUT2D eigenvalue weighted by Crippen LogP contribution is 2.31. The molecule has 1 aliphatic rings. The van der Waals surface area contributed by atoms with E-state index in [2.05, 4.69) is 19.2 Å². The van der Waals surface area contributed by atoms with Gasteiger partial charge in [0.15, 0.2) is 6.10 Å². The van der Waals surface area contributed by atoms with Crippen LogP contribution in [0.3, 0.4) is 0 Å². The number of methoxy groups -OCH3 is 1. The van der Waals surface area contributed by atoms with Gasteiger partial charge in [0.1, 0.15) is 16.4 Å². The molecule has 1 saturated heterocycles. The van der Waals surface area contributed by atoms with Gasteiger partial charge in [-0.25, -0.2) is 8.42 Å². The van der Waals surface area contributed by atoms with Crippen molar-refractivity contribution in [1.82, 2.24) is 4.31 Å². The van der Waals surface area contributed by atoms with Gasteiger partial charge in [0.25, 0.3) is 5.91 Å². The molecule has 0 aliphatic carbocycles. The largest absolute Gasteiger partial charge is 0.495 e. The number of carbonyl (C=O) groups is 1. The van der Waals surface area contributed by atoms with E-state index in [4.69, 9.17) is 9.47 Å². The molecule has 3 rings (SSSR count). The second-order valence-corrected chi connectivity index (χ2v) is 10.2. The minimum absolute atomic E-state index is 0.0541. The summed E-state index contributed by atoms with van der Waals surface area (Å²) >= 11 is 0. The summed E-state index contributed by atoms with van der Waals surface area (Å²) in [5.41, 5.74) is 1.39. The lowest BCUT2D eigenvalue weighted by Crippen LogP contribution is -2.36. The Hall–Kier alpha value is -2.58. The molecular weight excluding hydrogens is 428 g/mol. The highest BCUT2D eigenvalue weighted by molar-refractivity contribution is 7.89. The summed E-state index contributed by atoms with van der Waals surface area (Å²) in [7, 11) is -2.29. The minimum atomic E-state index is -3.72. The summed E-state index contributed by atoms with van der Waals surface area (Å²) < 4.78 is 39.1. The normalized spacial score (nSPS) is 15.9. The summed E-state index contributed by atoms with van der Waals surface area (Å²) in [6.45, 7) is 6.77. The molecule has 174 valence electrons. The van der Waals surface area contributed by atoms with Gasteiger partial charge < -0.3 is 14.8 Å². The molecule has 7 nitrogen and oxygen atoms in total. The fraction of sp³-hybridized carbons (Fsp3) is 0.458. The van der Waals surface area contributed by atoms with Crippen molar-refractivity contribution in [2.45, 2.75) is 57.0 Å². The number of amides is 1. The van der Waals surface area contributed by atoms with E-state index in [1.807, 2.05) is 24.3 Å². The Morgan fingerprint density at radius 1 is 1.00 bits per heavy atom. The summed E-state index contributed by atoms with van der Waals surface area (Å²) in [6.07, 6.45) is 1.94. The van der Waals surface area contributed by atoms with E-state index in [0.29, 0.717) is 24.5 Å². The standard InChI is InChI=1S/C24H32N2O5S/c1-17(2)20-10-6-7-11-21(20)31-18(3)24(27)25-19-12-13-22(30-4)23(16-19)32(28,29)26-14-8-5-9-15-26/h6-7,10-13,16-18H,5,8-9,14-15H2,1-4H3,(H,25,27). The van der Waals surface area contributed by atoms with Gasteiger partial charge in [0, 0.05) is 18.8 Å². The Bertz CT molecular complexity index is 1050. The number of anilines is 1. The van der Waals surface area contributed by atoms with Crippen molar-refractivity contribution >= 4 is 21.6 Å². The molecular formula is C24H32N2O5S. The van der Waals surface area contributed by atoms with Crippen LogP contribution in [-0.4, -0.2) is 44.9 Å². The fourth-order valence-corrected chi connectivity index (χ4v) is 5.45. The maximum absolute atomic E-state index is 13.2. The van der Waals surface area contributed by atoms with Crippen molar-refractivity contribution < 1.29 is 22.7 Å². The van der Waals surface area contributed by atoms with Gasteiger partial charge in [0.05, 0.1) is 7.11 Å². The Kier molecular flexibility index (Phi) is 7.79. The van der Waals surface area contributed by atoms with Crippen molar-refractivity contribution in [3.8, 4) is 11.5 Å². The SMILES string of the molecule is COc1ccc(NC(=O)C(C)Oc2ccccc2C(C)C)cc1S(=O)(=O)N1CCCCC1. The van der Waals surface area contributed by atoms with Crippen LogP contribution in [0.2, 0.25) is 0 Å². The molecule has 1 fully saturated rings. The first-order chi connectivity index (χ1) is 15.2. The molecule has 0 aromatic heterocycles. The highest BCUT2D eigenvalue weighted by atomic mass is 32.2. The molecule has 0 radical (unpaired) electrons. The van der Waals surface area contributed by atoms with Crippen LogP contribution < -0.4 is 14.8 Å². The monoisotopic (exact) mass is 460 g/mol. The maximum atomic E-state index is 13.2. The predicted molar refractivity (Wildman–Crippen MR) is 125 cm³/mol. The van der Waals surface area contributed by atoms with E-state index in [9.17, 15) is 13.2 Å². The molecule has 0 bridgehead atoms. The lowest BCUT2D eigenvalue weighted by atomic mass is 10.0. The van der Waals surface area contributed by atoms with Gasteiger partial charge in [0.2, 0.25) is 10.0 Å². The van der Waals surface area contributed by atoms with Gasteiger partial charge in [-0.2, -0.15) is 4.31 Å². The summed E-state index contributed by atoms with van der Waals surface area (Å²) in [5.74, 6) is 0.803. The maximum Gasteiger partial charge on any atom is 0.265 e. The van der Waals surface area contributed by atoms with E-state index < -0.39 is 16.1 Å². The number of nitrogens with one attached hydrogen (secondary N) is 1. The van der Waals surface area contributed by atoms with Crippen LogP contribution in [0.1, 0.15) is 51.5 Å². The van der Waals surface area contributed by atoms with Gasteiger partial charge in [-0.1, -0.05) is 38.5 Å². The molecule has 0 spiro atoms. The topological polar surface area (TPSA) is 84.9 Å². The Labute approximate surface area is 190 Å². The molecule has 1 atom stereocenters. The Balaban J connectivity index is 1.79. The average molecular weight is 461 g/mol. The molecule has 8 heteroatoms. The van der Waals surface area contributed by atoms with Gasteiger partial charge in [-0.3, -0.25) is 4.79 Å². The number of nitrogens with zero attached hydrogens (tertiary/aromatic N) is 1. The average Bonchev–Trinajstić information content (AvgIpc) is 2.79. The number of hydrogen-bond acceptors (Lipinski definition) is 5. The second-order valence-electron chi connectivity index (χ2n) is 8.27. The van der Waals surface area contributed by atoms with E-state index in [1.54, 1.807) is 19.1 Å². The van der Waals surface area contributed by atoms with Gasteiger partial charge >= 0.3 is 0 Å².